The zero-order valence-electron chi connectivity index (χ0n) is 11.6. The molecule has 1 atom stereocenters. The molecule has 0 radical (unpaired) electrons. The van der Waals surface area contributed by atoms with E-state index in [0.717, 1.165) is 11.3 Å². The van der Waals surface area contributed by atoms with Crippen LogP contribution in [0.2, 0.25) is 0 Å². The Hall–Kier alpha value is -2.57. The van der Waals surface area contributed by atoms with E-state index in [1.165, 1.54) is 0 Å². The second-order valence-electron chi connectivity index (χ2n) is 4.67. The van der Waals surface area contributed by atoms with Crippen LogP contribution in [0.4, 0.5) is 4.79 Å². The fourth-order valence-electron chi connectivity index (χ4n) is 2.00. The van der Waals surface area contributed by atoms with Gasteiger partial charge in [0.2, 0.25) is 5.91 Å². The molecule has 1 aromatic carbocycles. The number of carbonyl (C=O) groups excluding carboxylic acids is 3. The number of amides is 4. The molecule has 7 heteroatoms. The predicted molar refractivity (Wildman–Crippen MR) is 74.8 cm³/mol. The van der Waals surface area contributed by atoms with E-state index < -0.39 is 18.0 Å². The third-order valence-electron chi connectivity index (χ3n) is 3.14. The van der Waals surface area contributed by atoms with Crippen LogP contribution in [0, 0.1) is 0 Å². The second kappa shape index (κ2) is 6.74. The Balaban J connectivity index is 1.71. The van der Waals surface area contributed by atoms with E-state index in [4.69, 9.17) is 4.74 Å². The minimum atomic E-state index is -0.779. The molecule has 3 N–H and O–H groups in total. The van der Waals surface area contributed by atoms with Gasteiger partial charge in [0, 0.05) is 6.54 Å². The minimum Gasteiger partial charge on any atom is -0.497 e. The number of ether oxygens (including phenoxy) is 1. The van der Waals surface area contributed by atoms with Crippen LogP contribution in [0.5, 0.6) is 5.75 Å². The third kappa shape index (κ3) is 4.20. The van der Waals surface area contributed by atoms with Crippen LogP contribution in [0.3, 0.4) is 0 Å². The van der Waals surface area contributed by atoms with E-state index in [-0.39, 0.29) is 12.3 Å². The first-order valence-corrected chi connectivity index (χ1v) is 6.59. The zero-order chi connectivity index (χ0) is 15.2. The SMILES string of the molecule is COc1ccc(CCNC(=O)CC2NC(=O)NC2=O)cc1. The van der Waals surface area contributed by atoms with Crippen LogP contribution in [-0.2, 0) is 16.0 Å². The number of nitrogens with one attached hydrogen (secondary N) is 3. The van der Waals surface area contributed by atoms with Gasteiger partial charge < -0.3 is 15.4 Å². The largest absolute Gasteiger partial charge is 0.497 e. The molecule has 7 nitrogen and oxygen atoms in total. The van der Waals surface area contributed by atoms with Gasteiger partial charge in [-0.1, -0.05) is 12.1 Å². The summed E-state index contributed by atoms with van der Waals surface area (Å²) < 4.78 is 5.06. The van der Waals surface area contributed by atoms with Gasteiger partial charge in [0.05, 0.1) is 13.5 Å². The summed E-state index contributed by atoms with van der Waals surface area (Å²) in [4.78, 5) is 33.9. The molecule has 21 heavy (non-hydrogen) atoms. The van der Waals surface area contributed by atoms with Crippen LogP contribution < -0.4 is 20.7 Å². The van der Waals surface area contributed by atoms with E-state index in [2.05, 4.69) is 16.0 Å². The van der Waals surface area contributed by atoms with Crippen molar-refractivity contribution in [1.29, 1.82) is 0 Å². The normalized spacial score (nSPS) is 17.1. The smallest absolute Gasteiger partial charge is 0.322 e. The van der Waals surface area contributed by atoms with Crippen molar-refractivity contribution in [2.24, 2.45) is 0 Å². The highest BCUT2D eigenvalue weighted by Gasteiger charge is 2.30. The van der Waals surface area contributed by atoms with Gasteiger partial charge in [-0.25, -0.2) is 4.79 Å². The van der Waals surface area contributed by atoms with Crippen molar-refractivity contribution >= 4 is 17.8 Å². The highest BCUT2D eigenvalue weighted by atomic mass is 16.5. The lowest BCUT2D eigenvalue weighted by Crippen LogP contribution is -2.36. The molecule has 4 amide bonds. The summed E-state index contributed by atoms with van der Waals surface area (Å²) in [5.41, 5.74) is 1.07. The molecule has 0 bridgehead atoms. The van der Waals surface area contributed by atoms with E-state index >= 15 is 0 Å². The molecule has 1 saturated heterocycles. The van der Waals surface area contributed by atoms with Crippen LogP contribution >= 0.6 is 0 Å². The number of hydrogen-bond acceptors (Lipinski definition) is 4. The summed E-state index contributed by atoms with van der Waals surface area (Å²) in [5, 5.41) is 7.19. The van der Waals surface area contributed by atoms with Crippen molar-refractivity contribution in [1.82, 2.24) is 16.0 Å². The average Bonchev–Trinajstić information content (AvgIpc) is 2.77. The Morgan fingerprint density at radius 2 is 2.00 bits per heavy atom. The van der Waals surface area contributed by atoms with Gasteiger partial charge >= 0.3 is 6.03 Å². The van der Waals surface area contributed by atoms with E-state index in [0.29, 0.717) is 13.0 Å². The molecule has 1 fully saturated rings. The number of hydrogen-bond donors (Lipinski definition) is 3. The Kier molecular flexibility index (Phi) is 4.76. The highest BCUT2D eigenvalue weighted by molar-refractivity contribution is 6.05. The lowest BCUT2D eigenvalue weighted by Gasteiger charge is -2.08. The Morgan fingerprint density at radius 3 is 2.57 bits per heavy atom. The van der Waals surface area contributed by atoms with Crippen molar-refractivity contribution < 1.29 is 19.1 Å². The minimum absolute atomic E-state index is 0.0554. The first-order valence-electron chi connectivity index (χ1n) is 6.59. The lowest BCUT2D eigenvalue weighted by molar-refractivity contribution is -0.126. The maximum Gasteiger partial charge on any atom is 0.322 e. The average molecular weight is 291 g/mol. The van der Waals surface area contributed by atoms with Crippen molar-refractivity contribution in [3.63, 3.8) is 0 Å². The summed E-state index contributed by atoms with van der Waals surface area (Å²) in [6.45, 7) is 0.466. The fourth-order valence-corrected chi connectivity index (χ4v) is 2.00. The molecule has 112 valence electrons. The number of rotatable bonds is 6. The standard InChI is InChI=1S/C14H17N3O4/c1-21-10-4-2-9(3-5-10)6-7-15-12(18)8-11-13(19)17-14(20)16-11/h2-5,11H,6-8H2,1H3,(H,15,18)(H2,16,17,19,20). The summed E-state index contributed by atoms with van der Waals surface area (Å²) in [5.74, 6) is 0.0435. The zero-order valence-corrected chi connectivity index (χ0v) is 11.6. The van der Waals surface area contributed by atoms with Crippen LogP contribution in [0.15, 0.2) is 24.3 Å². The maximum absolute atomic E-state index is 11.7. The molecule has 2 rings (SSSR count). The lowest BCUT2D eigenvalue weighted by atomic mass is 10.1. The van der Waals surface area contributed by atoms with Gasteiger partial charge in [0.1, 0.15) is 11.8 Å². The molecule has 0 aliphatic carbocycles. The third-order valence-corrected chi connectivity index (χ3v) is 3.14. The van der Waals surface area contributed by atoms with Crippen LogP contribution in [0.1, 0.15) is 12.0 Å². The Bertz CT molecular complexity index is 542. The molecule has 0 spiro atoms. The van der Waals surface area contributed by atoms with Gasteiger partial charge in [-0.3, -0.25) is 14.9 Å². The number of benzene rings is 1. The monoisotopic (exact) mass is 291 g/mol. The summed E-state index contributed by atoms with van der Waals surface area (Å²) in [6.07, 6.45) is 0.624. The summed E-state index contributed by atoms with van der Waals surface area (Å²) >= 11 is 0. The first kappa shape index (κ1) is 14.8. The van der Waals surface area contributed by atoms with Crippen molar-refractivity contribution in [3.05, 3.63) is 29.8 Å². The Morgan fingerprint density at radius 1 is 1.29 bits per heavy atom. The Labute approximate surface area is 122 Å². The van der Waals surface area contributed by atoms with Crippen molar-refractivity contribution in [2.75, 3.05) is 13.7 Å². The topological polar surface area (TPSA) is 96.5 Å². The molecule has 0 saturated carbocycles. The highest BCUT2D eigenvalue weighted by Crippen LogP contribution is 2.11. The van der Waals surface area contributed by atoms with Gasteiger partial charge in [0.15, 0.2) is 0 Å². The van der Waals surface area contributed by atoms with Crippen molar-refractivity contribution in [3.8, 4) is 5.75 Å². The number of urea groups is 1. The van der Waals surface area contributed by atoms with Gasteiger partial charge in [0.25, 0.3) is 5.91 Å². The van der Waals surface area contributed by atoms with E-state index in [1.807, 2.05) is 24.3 Å². The number of carbonyl (C=O) groups is 3. The van der Waals surface area contributed by atoms with Gasteiger partial charge in [-0.15, -0.1) is 0 Å². The summed E-state index contributed by atoms with van der Waals surface area (Å²) in [7, 11) is 1.60. The van der Waals surface area contributed by atoms with Crippen LogP contribution in [-0.4, -0.2) is 37.5 Å². The summed E-state index contributed by atoms with van der Waals surface area (Å²) in [6, 6.07) is 6.23. The molecule has 0 aromatic heterocycles. The molecular formula is C14H17N3O4. The molecule has 1 aliphatic rings. The maximum atomic E-state index is 11.7. The quantitative estimate of drug-likeness (QED) is 0.640. The molecular weight excluding hydrogens is 274 g/mol. The van der Waals surface area contributed by atoms with Gasteiger partial charge in [-0.2, -0.15) is 0 Å². The van der Waals surface area contributed by atoms with Crippen molar-refractivity contribution in [2.45, 2.75) is 18.9 Å². The van der Waals surface area contributed by atoms with E-state index in [9.17, 15) is 14.4 Å². The number of imide groups is 1. The van der Waals surface area contributed by atoms with Gasteiger partial charge in [-0.05, 0) is 24.1 Å². The van der Waals surface area contributed by atoms with Crippen LogP contribution in [0.25, 0.3) is 0 Å². The molecule has 1 aliphatic heterocycles. The van der Waals surface area contributed by atoms with E-state index in [1.54, 1.807) is 7.11 Å². The molecule has 1 aromatic rings. The fraction of sp³-hybridized carbons (Fsp3) is 0.357. The molecule has 1 unspecified atom stereocenters. The predicted octanol–water partition coefficient (Wildman–Crippen LogP) is -0.0480. The first-order chi connectivity index (χ1) is 10.1. The molecule has 1 heterocycles. The second-order valence-corrected chi connectivity index (χ2v) is 4.67. The number of methoxy groups -OCH3 is 1.